The molecule has 2 aromatic heterocycles. The van der Waals surface area contributed by atoms with Crippen molar-refractivity contribution in [2.24, 2.45) is 0 Å². The molecule has 0 fully saturated rings. The van der Waals surface area contributed by atoms with E-state index in [4.69, 9.17) is 0 Å². The zero-order chi connectivity index (χ0) is 29.3. The lowest BCUT2D eigenvalue weighted by Gasteiger charge is -2.06. The number of hydrogen-bond donors (Lipinski definition) is 5. The van der Waals surface area contributed by atoms with Gasteiger partial charge >= 0.3 is 5.97 Å². The van der Waals surface area contributed by atoms with E-state index in [1.165, 1.54) is 5.56 Å². The van der Waals surface area contributed by atoms with Gasteiger partial charge in [-0.15, -0.1) is 0 Å². The number of carbonyl (C=O) groups is 3. The summed E-state index contributed by atoms with van der Waals surface area (Å²) >= 11 is 0. The van der Waals surface area contributed by atoms with Crippen molar-refractivity contribution in [3.05, 3.63) is 104 Å². The SMILES string of the molecule is C=CC1=C(C)C(=Cc2[nH]c(Cc3[nH]c(C=C4NC(=O)C(C)=C4C=C)c(C)c3CC)c(CCC(=O)O)c2C)NC1=O. The number of aromatic amines is 2. The van der Waals surface area contributed by atoms with E-state index in [0.717, 1.165) is 57.0 Å². The predicted molar refractivity (Wildman–Crippen MR) is 157 cm³/mol. The zero-order valence-corrected chi connectivity index (χ0v) is 23.7. The lowest BCUT2D eigenvalue weighted by molar-refractivity contribution is -0.137. The van der Waals surface area contributed by atoms with E-state index in [0.29, 0.717) is 35.4 Å². The van der Waals surface area contributed by atoms with E-state index >= 15 is 0 Å². The Morgan fingerprint density at radius 2 is 1.35 bits per heavy atom. The van der Waals surface area contributed by atoms with E-state index < -0.39 is 5.97 Å². The Kier molecular flexibility index (Phi) is 8.00. The maximum atomic E-state index is 12.3. The number of aromatic nitrogens is 2. The van der Waals surface area contributed by atoms with Crippen LogP contribution in [0.4, 0.5) is 0 Å². The second kappa shape index (κ2) is 11.3. The van der Waals surface area contributed by atoms with Gasteiger partial charge in [0, 0.05) is 58.0 Å². The molecule has 0 saturated heterocycles. The van der Waals surface area contributed by atoms with Crippen molar-refractivity contribution in [3.63, 3.8) is 0 Å². The van der Waals surface area contributed by atoms with Crippen molar-refractivity contribution in [3.8, 4) is 0 Å². The number of H-pyrrole nitrogens is 2. The van der Waals surface area contributed by atoms with Crippen LogP contribution < -0.4 is 10.6 Å². The summed E-state index contributed by atoms with van der Waals surface area (Å²) in [7, 11) is 0. The molecule has 8 heteroatoms. The third kappa shape index (κ3) is 5.17. The number of aliphatic carboxylic acids is 1. The highest BCUT2D eigenvalue weighted by atomic mass is 16.4. The molecule has 0 atom stereocenters. The second-order valence-electron chi connectivity index (χ2n) is 10.2. The normalized spacial score (nSPS) is 17.3. The first-order chi connectivity index (χ1) is 19.0. The van der Waals surface area contributed by atoms with Crippen molar-refractivity contribution < 1.29 is 19.5 Å². The fourth-order valence-electron chi connectivity index (χ4n) is 5.52. The summed E-state index contributed by atoms with van der Waals surface area (Å²) < 4.78 is 0. The molecule has 0 spiro atoms. The number of carboxylic acids is 1. The molecule has 0 radical (unpaired) electrons. The molecule has 208 valence electrons. The van der Waals surface area contributed by atoms with Crippen molar-refractivity contribution in [1.29, 1.82) is 0 Å². The molecule has 8 nitrogen and oxygen atoms in total. The van der Waals surface area contributed by atoms with Gasteiger partial charge < -0.3 is 25.7 Å². The molecule has 2 aliphatic rings. The van der Waals surface area contributed by atoms with Gasteiger partial charge in [0.05, 0.1) is 5.70 Å². The van der Waals surface area contributed by atoms with E-state index in [2.05, 4.69) is 47.6 Å². The standard InChI is InChI=1S/C32H36N4O4/c1-8-20-16(4)25(14-28-21(9-2)19(7)31(39)36-28)33-27(20)15-29-23(11-12-30(37)38)18(6)24(34-29)13-26-17(5)22(10-3)32(40)35-26/h9-10,13-14,33-34H,2-3,8,11-12,15H2,1,4-7H3,(H,35,40)(H,36,39)(H,37,38). The molecule has 2 aromatic rings. The summed E-state index contributed by atoms with van der Waals surface area (Å²) in [5.41, 5.74) is 12.0. The highest BCUT2D eigenvalue weighted by Gasteiger charge is 2.25. The smallest absolute Gasteiger partial charge is 0.303 e. The molecule has 2 aliphatic heterocycles. The van der Waals surface area contributed by atoms with Crippen LogP contribution in [0.15, 0.2) is 59.0 Å². The Morgan fingerprint density at radius 1 is 0.800 bits per heavy atom. The zero-order valence-electron chi connectivity index (χ0n) is 23.7. The predicted octanol–water partition coefficient (Wildman–Crippen LogP) is 5.08. The number of carboxylic acid groups (broad SMARTS) is 1. The van der Waals surface area contributed by atoms with Crippen LogP contribution in [0.2, 0.25) is 0 Å². The third-order valence-electron chi connectivity index (χ3n) is 7.88. The molecule has 4 heterocycles. The van der Waals surface area contributed by atoms with Gasteiger partial charge in [-0.25, -0.2) is 0 Å². The summed E-state index contributed by atoms with van der Waals surface area (Å²) in [6.45, 7) is 17.4. The van der Waals surface area contributed by atoms with Gasteiger partial charge in [-0.3, -0.25) is 14.4 Å². The number of carbonyl (C=O) groups excluding carboxylic acids is 2. The van der Waals surface area contributed by atoms with Crippen LogP contribution in [-0.4, -0.2) is 32.9 Å². The summed E-state index contributed by atoms with van der Waals surface area (Å²) in [5, 5.41) is 15.2. The van der Waals surface area contributed by atoms with Crippen LogP contribution in [0.25, 0.3) is 12.2 Å². The minimum absolute atomic E-state index is 0.00936. The van der Waals surface area contributed by atoms with Gasteiger partial charge in [0.2, 0.25) is 0 Å². The van der Waals surface area contributed by atoms with Gasteiger partial charge in [-0.05, 0) is 80.5 Å². The molecule has 5 N–H and O–H groups in total. The number of nitrogens with one attached hydrogen (secondary N) is 4. The minimum atomic E-state index is -0.859. The van der Waals surface area contributed by atoms with Crippen molar-refractivity contribution >= 4 is 29.9 Å². The Labute approximate surface area is 234 Å². The lowest BCUT2D eigenvalue weighted by atomic mass is 9.99. The molecular formula is C32H36N4O4. The molecule has 40 heavy (non-hydrogen) atoms. The van der Waals surface area contributed by atoms with Gasteiger partial charge in [-0.1, -0.05) is 32.2 Å². The summed E-state index contributed by atoms with van der Waals surface area (Å²) in [5.74, 6) is -1.17. The van der Waals surface area contributed by atoms with Gasteiger partial charge in [0.15, 0.2) is 0 Å². The molecule has 0 bridgehead atoms. The van der Waals surface area contributed by atoms with E-state index in [9.17, 15) is 19.5 Å². The molecule has 0 unspecified atom stereocenters. The lowest BCUT2D eigenvalue weighted by Crippen LogP contribution is -2.15. The molecule has 0 saturated carbocycles. The molecule has 0 aromatic carbocycles. The Balaban J connectivity index is 1.76. The first kappa shape index (κ1) is 28.4. The average molecular weight is 541 g/mol. The van der Waals surface area contributed by atoms with Crippen molar-refractivity contribution in [1.82, 2.24) is 20.6 Å². The summed E-state index contributed by atoms with van der Waals surface area (Å²) in [6, 6.07) is 0. The molecule has 4 rings (SSSR count). The average Bonchev–Trinajstić information content (AvgIpc) is 3.55. The van der Waals surface area contributed by atoms with Crippen LogP contribution in [-0.2, 0) is 33.6 Å². The molecular weight excluding hydrogens is 504 g/mol. The fraction of sp³-hybridized carbons (Fsp3) is 0.281. The van der Waals surface area contributed by atoms with Crippen LogP contribution in [0.5, 0.6) is 0 Å². The molecule has 2 amide bonds. The maximum absolute atomic E-state index is 12.3. The monoisotopic (exact) mass is 540 g/mol. The largest absolute Gasteiger partial charge is 0.481 e. The number of amides is 2. The quantitative estimate of drug-likeness (QED) is 0.288. The second-order valence-corrected chi connectivity index (χ2v) is 10.2. The van der Waals surface area contributed by atoms with Gasteiger partial charge in [-0.2, -0.15) is 0 Å². The fourth-order valence-corrected chi connectivity index (χ4v) is 5.52. The Bertz CT molecular complexity index is 1590. The van der Waals surface area contributed by atoms with Gasteiger partial charge in [0.1, 0.15) is 0 Å². The maximum Gasteiger partial charge on any atom is 0.303 e. The number of hydrogen-bond acceptors (Lipinski definition) is 3. The van der Waals surface area contributed by atoms with Crippen LogP contribution in [0, 0.1) is 13.8 Å². The summed E-state index contributed by atoms with van der Waals surface area (Å²) in [4.78, 5) is 43.1. The Hall–Kier alpha value is -4.59. The highest BCUT2D eigenvalue weighted by molar-refractivity contribution is 6.03. The minimum Gasteiger partial charge on any atom is -0.481 e. The van der Waals surface area contributed by atoms with E-state index in [-0.39, 0.29) is 18.2 Å². The van der Waals surface area contributed by atoms with Crippen LogP contribution in [0.3, 0.4) is 0 Å². The van der Waals surface area contributed by atoms with Crippen LogP contribution >= 0.6 is 0 Å². The van der Waals surface area contributed by atoms with Crippen LogP contribution in [0.1, 0.15) is 72.2 Å². The first-order valence-electron chi connectivity index (χ1n) is 13.4. The molecule has 0 aliphatic carbocycles. The van der Waals surface area contributed by atoms with E-state index in [1.54, 1.807) is 19.1 Å². The van der Waals surface area contributed by atoms with Crippen molar-refractivity contribution in [2.45, 2.75) is 60.3 Å². The first-order valence-corrected chi connectivity index (χ1v) is 13.4. The van der Waals surface area contributed by atoms with E-state index in [1.807, 2.05) is 26.0 Å². The topological polar surface area (TPSA) is 127 Å². The highest BCUT2D eigenvalue weighted by Crippen LogP contribution is 2.31. The number of allylic oxidation sites excluding steroid dienone is 2. The summed E-state index contributed by atoms with van der Waals surface area (Å²) in [6.07, 6.45) is 8.82. The third-order valence-corrected chi connectivity index (χ3v) is 7.88. The number of rotatable bonds is 10. The van der Waals surface area contributed by atoms with Gasteiger partial charge in [0.25, 0.3) is 11.8 Å². The van der Waals surface area contributed by atoms with Crippen molar-refractivity contribution in [2.75, 3.05) is 0 Å². The Morgan fingerprint density at radius 3 is 1.90 bits per heavy atom.